The largest absolute Gasteiger partial charge is 0.454 e. The van der Waals surface area contributed by atoms with Crippen LogP contribution < -0.4 is 4.90 Å². The number of para-hydroxylation sites is 2. The third kappa shape index (κ3) is 4.45. The highest BCUT2D eigenvalue weighted by molar-refractivity contribution is 9.10. The van der Waals surface area contributed by atoms with Gasteiger partial charge in [0.1, 0.15) is 5.58 Å². The molecule has 0 N–H and O–H groups in total. The van der Waals surface area contributed by atoms with Gasteiger partial charge in [0.15, 0.2) is 5.58 Å². The smallest absolute Gasteiger partial charge is 0.159 e. The van der Waals surface area contributed by atoms with E-state index in [-0.39, 0.29) is 5.41 Å². The van der Waals surface area contributed by atoms with Gasteiger partial charge in [0, 0.05) is 26.6 Å². The summed E-state index contributed by atoms with van der Waals surface area (Å²) in [6, 6.07) is 40.7. The maximum atomic E-state index is 6.47. The number of nitrogens with zero attached hydrogens (tertiary/aromatic N) is 1. The van der Waals surface area contributed by atoms with Crippen molar-refractivity contribution in [3.8, 4) is 11.1 Å². The molecule has 182 valence electrons. The Balaban J connectivity index is 1.57. The molecule has 37 heavy (non-hydrogen) atoms. The fourth-order valence-electron chi connectivity index (χ4n) is 4.91. The standard InChI is InChI=1S/C34H28BrNO/c1-34(2,3)25-16-20-27(21-17-25)36(28-9-6-8-24(22-28)23-14-18-26(35)19-15-23)31-12-7-11-30-29-10-4-5-13-32(29)37-33(30)31/h4-22H,1-3H3. The molecule has 1 heterocycles. The maximum absolute atomic E-state index is 6.47. The third-order valence-electron chi connectivity index (χ3n) is 6.90. The highest BCUT2D eigenvalue weighted by atomic mass is 79.9. The number of anilines is 3. The minimum absolute atomic E-state index is 0.0869. The SMILES string of the molecule is CC(C)(C)c1ccc(N(c2cccc(-c3ccc(Br)cc3)c2)c2cccc3c2oc2ccccc23)cc1. The van der Waals surface area contributed by atoms with Crippen LogP contribution >= 0.6 is 15.9 Å². The second-order valence-corrected chi connectivity index (χ2v) is 11.4. The van der Waals surface area contributed by atoms with E-state index in [0.717, 1.165) is 49.0 Å². The third-order valence-corrected chi connectivity index (χ3v) is 7.43. The molecule has 0 aliphatic carbocycles. The number of halogens is 1. The lowest BCUT2D eigenvalue weighted by atomic mass is 9.87. The highest BCUT2D eigenvalue weighted by Crippen LogP contribution is 2.43. The number of hydrogen-bond acceptors (Lipinski definition) is 2. The highest BCUT2D eigenvalue weighted by Gasteiger charge is 2.21. The fraction of sp³-hybridized carbons (Fsp3) is 0.118. The van der Waals surface area contributed by atoms with Gasteiger partial charge in [0.2, 0.25) is 0 Å². The van der Waals surface area contributed by atoms with Gasteiger partial charge in [-0.2, -0.15) is 0 Å². The van der Waals surface area contributed by atoms with Gasteiger partial charge in [-0.15, -0.1) is 0 Å². The van der Waals surface area contributed by atoms with Crippen molar-refractivity contribution < 1.29 is 4.42 Å². The second kappa shape index (κ2) is 9.24. The summed E-state index contributed by atoms with van der Waals surface area (Å²) in [5.41, 5.74) is 8.71. The molecule has 0 fully saturated rings. The molecule has 0 aliphatic rings. The van der Waals surface area contributed by atoms with Crippen molar-refractivity contribution in [1.29, 1.82) is 0 Å². The summed E-state index contributed by atoms with van der Waals surface area (Å²) in [6.45, 7) is 6.74. The summed E-state index contributed by atoms with van der Waals surface area (Å²) in [6.07, 6.45) is 0. The molecule has 2 nitrogen and oxygen atoms in total. The predicted molar refractivity (Wildman–Crippen MR) is 160 cm³/mol. The Kier molecular flexibility index (Phi) is 5.89. The van der Waals surface area contributed by atoms with E-state index in [4.69, 9.17) is 4.42 Å². The quantitative estimate of drug-likeness (QED) is 0.219. The van der Waals surface area contributed by atoms with Crippen LogP contribution in [0, 0.1) is 0 Å². The average Bonchev–Trinajstić information content (AvgIpc) is 3.29. The Morgan fingerprint density at radius 1 is 0.622 bits per heavy atom. The zero-order valence-electron chi connectivity index (χ0n) is 21.2. The van der Waals surface area contributed by atoms with Crippen LogP contribution in [0.3, 0.4) is 0 Å². The number of benzene rings is 5. The number of rotatable bonds is 4. The van der Waals surface area contributed by atoms with E-state index in [1.54, 1.807) is 0 Å². The van der Waals surface area contributed by atoms with E-state index >= 15 is 0 Å². The number of fused-ring (bicyclic) bond motifs is 3. The van der Waals surface area contributed by atoms with Gasteiger partial charge < -0.3 is 9.32 Å². The molecule has 6 rings (SSSR count). The molecule has 0 saturated carbocycles. The van der Waals surface area contributed by atoms with Crippen LogP contribution in [0.25, 0.3) is 33.1 Å². The Morgan fingerprint density at radius 2 is 1.32 bits per heavy atom. The van der Waals surface area contributed by atoms with Crippen molar-refractivity contribution >= 4 is 54.9 Å². The molecular formula is C34H28BrNO. The van der Waals surface area contributed by atoms with Crippen molar-refractivity contribution in [3.63, 3.8) is 0 Å². The van der Waals surface area contributed by atoms with Crippen molar-refractivity contribution in [2.24, 2.45) is 0 Å². The molecule has 6 aromatic rings. The number of furan rings is 1. The van der Waals surface area contributed by atoms with Crippen molar-refractivity contribution in [2.45, 2.75) is 26.2 Å². The lowest BCUT2D eigenvalue weighted by molar-refractivity contribution is 0.590. The molecule has 5 aromatic carbocycles. The minimum Gasteiger partial charge on any atom is -0.454 e. The van der Waals surface area contributed by atoms with E-state index in [1.165, 1.54) is 11.1 Å². The van der Waals surface area contributed by atoms with Crippen molar-refractivity contribution in [1.82, 2.24) is 0 Å². The van der Waals surface area contributed by atoms with Gasteiger partial charge >= 0.3 is 0 Å². The molecule has 0 radical (unpaired) electrons. The summed E-state index contributed by atoms with van der Waals surface area (Å²) >= 11 is 3.56. The predicted octanol–water partition coefficient (Wildman–Crippen LogP) is 10.8. The first-order valence-electron chi connectivity index (χ1n) is 12.6. The average molecular weight is 547 g/mol. The molecule has 0 aliphatic heterocycles. The monoisotopic (exact) mass is 545 g/mol. The molecule has 0 spiro atoms. The molecule has 1 aromatic heterocycles. The van der Waals surface area contributed by atoms with Gasteiger partial charge in [0.25, 0.3) is 0 Å². The second-order valence-electron chi connectivity index (χ2n) is 10.4. The summed E-state index contributed by atoms with van der Waals surface area (Å²) in [5.74, 6) is 0. The summed E-state index contributed by atoms with van der Waals surface area (Å²) in [7, 11) is 0. The van der Waals surface area contributed by atoms with Gasteiger partial charge in [-0.25, -0.2) is 0 Å². The fourth-order valence-corrected chi connectivity index (χ4v) is 5.18. The van der Waals surface area contributed by atoms with E-state index in [0.29, 0.717) is 0 Å². The molecule has 0 unspecified atom stereocenters. The van der Waals surface area contributed by atoms with Gasteiger partial charge in [-0.05, 0) is 70.6 Å². The van der Waals surface area contributed by atoms with Crippen molar-refractivity contribution in [3.05, 3.63) is 125 Å². The van der Waals surface area contributed by atoms with Gasteiger partial charge in [0.05, 0.1) is 5.69 Å². The molecule has 0 bridgehead atoms. The van der Waals surface area contributed by atoms with Crippen LogP contribution in [-0.2, 0) is 5.41 Å². The molecule has 0 atom stereocenters. The first kappa shape index (κ1) is 23.6. The summed E-state index contributed by atoms with van der Waals surface area (Å²) in [5, 5.41) is 2.25. The molecular weight excluding hydrogens is 518 g/mol. The molecule has 3 heteroatoms. The van der Waals surface area contributed by atoms with E-state index in [9.17, 15) is 0 Å². The van der Waals surface area contributed by atoms with Crippen LogP contribution in [0.5, 0.6) is 0 Å². The lowest BCUT2D eigenvalue weighted by Crippen LogP contribution is -2.13. The Bertz CT molecular complexity index is 1710. The normalized spacial score (nSPS) is 11.8. The zero-order chi connectivity index (χ0) is 25.6. The van der Waals surface area contributed by atoms with Gasteiger partial charge in [-0.1, -0.05) is 103 Å². The van der Waals surface area contributed by atoms with E-state index < -0.39 is 0 Å². The summed E-state index contributed by atoms with van der Waals surface area (Å²) in [4.78, 5) is 2.31. The van der Waals surface area contributed by atoms with Crippen LogP contribution in [0.1, 0.15) is 26.3 Å². The summed E-state index contributed by atoms with van der Waals surface area (Å²) < 4.78 is 7.54. The molecule has 0 amide bonds. The zero-order valence-corrected chi connectivity index (χ0v) is 22.8. The lowest BCUT2D eigenvalue weighted by Gasteiger charge is -2.27. The first-order valence-corrected chi connectivity index (χ1v) is 13.3. The Labute approximate surface area is 226 Å². The Morgan fingerprint density at radius 3 is 2.08 bits per heavy atom. The number of hydrogen-bond donors (Lipinski definition) is 0. The topological polar surface area (TPSA) is 16.4 Å². The maximum Gasteiger partial charge on any atom is 0.159 e. The minimum atomic E-state index is 0.0869. The molecule has 0 saturated heterocycles. The first-order chi connectivity index (χ1) is 17.9. The van der Waals surface area contributed by atoms with Gasteiger partial charge in [-0.3, -0.25) is 0 Å². The van der Waals surface area contributed by atoms with Crippen LogP contribution in [0.15, 0.2) is 124 Å². The van der Waals surface area contributed by atoms with Crippen LogP contribution in [0.2, 0.25) is 0 Å². The Hall–Kier alpha value is -3.82. The van der Waals surface area contributed by atoms with Crippen LogP contribution in [0.4, 0.5) is 17.1 Å². The van der Waals surface area contributed by atoms with Crippen LogP contribution in [-0.4, -0.2) is 0 Å². The van der Waals surface area contributed by atoms with Crippen molar-refractivity contribution in [2.75, 3.05) is 4.90 Å². The van der Waals surface area contributed by atoms with E-state index in [1.807, 2.05) is 12.1 Å². The van der Waals surface area contributed by atoms with E-state index in [2.05, 4.69) is 145 Å².